The van der Waals surface area contributed by atoms with Crippen molar-refractivity contribution in [2.45, 2.75) is 43.5 Å². The van der Waals surface area contributed by atoms with Crippen molar-refractivity contribution in [1.82, 2.24) is 20.1 Å². The Labute approximate surface area is 245 Å². The molecular weight excluding hydrogens is 598 g/mol. The number of rotatable bonds is 10. The van der Waals surface area contributed by atoms with E-state index >= 15 is 0 Å². The minimum Gasteiger partial charge on any atom is -0.481 e. The number of hydrogen-bond acceptors (Lipinski definition) is 13. The molecular formula is C22H27N9O7S3. The van der Waals surface area contributed by atoms with Crippen molar-refractivity contribution in [2.24, 2.45) is 15.9 Å². The van der Waals surface area contributed by atoms with Crippen molar-refractivity contribution in [2.75, 3.05) is 24.3 Å². The Kier molecular flexibility index (Phi) is 9.20. The van der Waals surface area contributed by atoms with Gasteiger partial charge in [-0.3, -0.25) is 24.7 Å². The number of aliphatic imine (C=N–C) groups is 1. The van der Waals surface area contributed by atoms with Crippen LogP contribution in [0.5, 0.6) is 0 Å². The fraction of sp³-hybridized carbons (Fsp3) is 0.455. The number of nitrogens with two attached hydrogens (primary N) is 2. The molecule has 41 heavy (non-hydrogen) atoms. The topological polar surface area (TPSA) is 250 Å². The normalized spacial score (nSPS) is 23.4. The molecule has 16 nitrogen and oxygen atoms in total. The van der Waals surface area contributed by atoms with Gasteiger partial charge in [-0.25, -0.2) is 14.8 Å². The first kappa shape index (κ1) is 30.3. The van der Waals surface area contributed by atoms with Crippen LogP contribution in [-0.2, 0) is 24.0 Å². The minimum atomic E-state index is -1.28. The largest absolute Gasteiger partial charge is 0.481 e. The number of nitrogens with zero attached hydrogens (tertiary/aromatic N) is 5. The van der Waals surface area contributed by atoms with Crippen LogP contribution in [0, 0.1) is 5.41 Å². The number of carbonyl (C=O) groups excluding carboxylic acids is 2. The molecule has 1 aromatic heterocycles. The first-order valence-electron chi connectivity index (χ1n) is 12.0. The number of nitrogen functional groups attached to an aromatic ring is 1. The molecule has 3 aliphatic rings. The van der Waals surface area contributed by atoms with Gasteiger partial charge in [0.15, 0.2) is 10.8 Å². The Morgan fingerprint density at radius 3 is 2.73 bits per heavy atom. The number of oxime groups is 1. The SMILES string of the molecule is CC(CC(=O)O)ON=C(C(=O)N[C@@H]1C(=O)N2C(C(=O)O)=C(CSC3=NC(=N)N(C)C(N)C3)CS[C@H]12)c1csc(N)n1. The van der Waals surface area contributed by atoms with Crippen molar-refractivity contribution in [1.29, 1.82) is 5.41 Å². The lowest BCUT2D eigenvalue weighted by atomic mass is 10.0. The fourth-order valence-electron chi connectivity index (χ4n) is 4.01. The second-order valence-electron chi connectivity index (χ2n) is 9.14. The first-order chi connectivity index (χ1) is 19.4. The number of guanidine groups is 1. The quantitative estimate of drug-likeness (QED) is 0.111. The number of nitrogens with one attached hydrogen (secondary N) is 2. The highest BCUT2D eigenvalue weighted by atomic mass is 32.2. The van der Waals surface area contributed by atoms with Gasteiger partial charge in [0.2, 0.25) is 5.96 Å². The molecule has 3 aliphatic heterocycles. The lowest BCUT2D eigenvalue weighted by Crippen LogP contribution is -2.71. The van der Waals surface area contributed by atoms with Crippen LogP contribution in [0.15, 0.2) is 26.8 Å². The molecule has 2 amide bonds. The number of β-lactam (4-membered cyclic amide) rings is 1. The highest BCUT2D eigenvalue weighted by Gasteiger charge is 2.54. The molecule has 0 bridgehead atoms. The summed E-state index contributed by atoms with van der Waals surface area (Å²) in [6.45, 7) is 1.46. The van der Waals surface area contributed by atoms with Crippen LogP contribution in [-0.4, -0.2) is 108 Å². The summed E-state index contributed by atoms with van der Waals surface area (Å²) in [5, 5.41) is 34.7. The summed E-state index contributed by atoms with van der Waals surface area (Å²) in [7, 11) is 1.67. The van der Waals surface area contributed by atoms with Crippen LogP contribution in [0.25, 0.3) is 0 Å². The number of carbonyl (C=O) groups is 4. The van der Waals surface area contributed by atoms with E-state index < -0.39 is 47.4 Å². The Morgan fingerprint density at radius 2 is 2.12 bits per heavy atom. The summed E-state index contributed by atoms with van der Waals surface area (Å²) < 4.78 is 0. The summed E-state index contributed by atoms with van der Waals surface area (Å²) in [6, 6.07) is -1.05. The third kappa shape index (κ3) is 6.63. The molecule has 0 radical (unpaired) electrons. The average molecular weight is 626 g/mol. The Hall–Kier alpha value is -3.68. The van der Waals surface area contributed by atoms with Gasteiger partial charge in [-0.15, -0.1) is 34.9 Å². The number of fused-ring (bicyclic) bond motifs is 1. The number of thioether (sulfide) groups is 2. The summed E-state index contributed by atoms with van der Waals surface area (Å²) in [4.78, 5) is 65.5. The van der Waals surface area contributed by atoms with E-state index in [1.807, 2.05) is 0 Å². The number of aliphatic carboxylic acids is 2. The van der Waals surface area contributed by atoms with Crippen molar-refractivity contribution < 1.29 is 34.2 Å². The van der Waals surface area contributed by atoms with E-state index in [4.69, 9.17) is 26.8 Å². The van der Waals surface area contributed by atoms with Crippen molar-refractivity contribution in [3.05, 3.63) is 22.3 Å². The van der Waals surface area contributed by atoms with Gasteiger partial charge in [-0.1, -0.05) is 5.16 Å². The van der Waals surface area contributed by atoms with Gasteiger partial charge in [0, 0.05) is 30.4 Å². The number of hydrogen-bond donors (Lipinski definition) is 6. The van der Waals surface area contributed by atoms with E-state index in [1.54, 1.807) is 7.05 Å². The number of anilines is 1. The van der Waals surface area contributed by atoms with Crippen molar-refractivity contribution in [3.8, 4) is 0 Å². The number of thiazole rings is 1. The van der Waals surface area contributed by atoms with Crippen LogP contribution < -0.4 is 16.8 Å². The van der Waals surface area contributed by atoms with E-state index in [0.29, 0.717) is 17.0 Å². The molecule has 19 heteroatoms. The lowest BCUT2D eigenvalue weighted by Gasteiger charge is -2.49. The maximum atomic E-state index is 13.2. The van der Waals surface area contributed by atoms with Gasteiger partial charge in [0.1, 0.15) is 28.9 Å². The minimum absolute atomic E-state index is 0.0123. The second-order valence-corrected chi connectivity index (χ2v) is 12.2. The third-order valence-corrected chi connectivity index (χ3v) is 9.26. The van der Waals surface area contributed by atoms with E-state index in [0.717, 1.165) is 16.2 Å². The first-order valence-corrected chi connectivity index (χ1v) is 14.9. The van der Waals surface area contributed by atoms with Gasteiger partial charge >= 0.3 is 11.9 Å². The second kappa shape index (κ2) is 12.5. The van der Waals surface area contributed by atoms with Crippen molar-refractivity contribution >= 4 is 80.5 Å². The molecule has 0 saturated carbocycles. The molecule has 4 atom stereocenters. The van der Waals surface area contributed by atoms with E-state index in [-0.39, 0.29) is 46.1 Å². The number of amides is 2. The monoisotopic (exact) mass is 625 g/mol. The zero-order valence-corrected chi connectivity index (χ0v) is 24.2. The van der Waals surface area contributed by atoms with Gasteiger partial charge in [-0.2, -0.15) is 0 Å². The molecule has 1 aromatic rings. The Balaban J connectivity index is 1.48. The number of carboxylic acid groups (broad SMARTS) is 2. The van der Waals surface area contributed by atoms with Gasteiger partial charge in [0.25, 0.3) is 11.8 Å². The third-order valence-electron chi connectivity index (χ3n) is 6.16. The molecule has 220 valence electrons. The summed E-state index contributed by atoms with van der Waals surface area (Å²) in [6.07, 6.45) is -1.24. The standard InChI is InChI=1S/C22H27N9O7S3/c1-8(3-13(32)33)38-29-14(10-7-41-22(25)26-10)17(34)28-15-18(35)31-16(20(36)37)9(6-40-19(15)31)5-39-12-4-11(23)30(2)21(24)27-12/h7-8,11,15,19,24H,3-6,23H2,1-2H3,(H2,25,26)(H,28,34)(H,32,33)(H,36,37)/t8?,11?,15-,19-/m1/s1. The predicted octanol–water partition coefficient (Wildman–Crippen LogP) is -0.265. The fourth-order valence-corrected chi connectivity index (χ4v) is 7.05. The highest BCUT2D eigenvalue weighted by Crippen LogP contribution is 2.41. The van der Waals surface area contributed by atoms with Crippen LogP contribution >= 0.6 is 34.9 Å². The molecule has 0 spiro atoms. The molecule has 1 saturated heterocycles. The van der Waals surface area contributed by atoms with E-state index in [9.17, 15) is 24.3 Å². The highest BCUT2D eigenvalue weighted by molar-refractivity contribution is 8.14. The van der Waals surface area contributed by atoms with E-state index in [2.05, 4.69) is 20.4 Å². The summed E-state index contributed by atoms with van der Waals surface area (Å²) in [5.41, 5.74) is 11.8. The zero-order chi connectivity index (χ0) is 30.0. The van der Waals surface area contributed by atoms with Gasteiger partial charge in [-0.05, 0) is 12.5 Å². The van der Waals surface area contributed by atoms with Crippen LogP contribution in [0.2, 0.25) is 0 Å². The molecule has 4 heterocycles. The zero-order valence-electron chi connectivity index (χ0n) is 21.8. The molecule has 1 fully saturated rings. The molecule has 4 rings (SSSR count). The summed E-state index contributed by atoms with van der Waals surface area (Å²) in [5.74, 6) is -3.30. The molecule has 8 N–H and O–H groups in total. The van der Waals surface area contributed by atoms with Gasteiger partial charge in [0.05, 0.1) is 17.6 Å². The Bertz CT molecular complexity index is 1380. The van der Waals surface area contributed by atoms with Gasteiger partial charge < -0.3 is 36.7 Å². The Morgan fingerprint density at radius 1 is 1.39 bits per heavy atom. The number of carboxylic acids is 2. The molecule has 2 unspecified atom stereocenters. The predicted molar refractivity (Wildman–Crippen MR) is 154 cm³/mol. The average Bonchev–Trinajstić information content (AvgIpc) is 3.33. The van der Waals surface area contributed by atoms with Crippen molar-refractivity contribution in [3.63, 3.8) is 0 Å². The number of aromatic nitrogens is 1. The molecule has 0 aromatic carbocycles. The lowest BCUT2D eigenvalue weighted by molar-refractivity contribution is -0.150. The maximum absolute atomic E-state index is 13.2. The smallest absolute Gasteiger partial charge is 0.352 e. The van der Waals surface area contributed by atoms with E-state index in [1.165, 1.54) is 40.7 Å². The maximum Gasteiger partial charge on any atom is 0.352 e. The molecule has 0 aliphatic carbocycles. The van der Waals surface area contributed by atoms with Crippen LogP contribution in [0.1, 0.15) is 25.5 Å². The van der Waals surface area contributed by atoms with Crippen LogP contribution in [0.3, 0.4) is 0 Å². The summed E-state index contributed by atoms with van der Waals surface area (Å²) >= 11 is 3.60. The van der Waals surface area contributed by atoms with Crippen LogP contribution in [0.4, 0.5) is 5.13 Å².